The van der Waals surface area contributed by atoms with E-state index in [0.29, 0.717) is 22.9 Å². The minimum absolute atomic E-state index is 0.00116. The van der Waals surface area contributed by atoms with Gasteiger partial charge in [-0.1, -0.05) is 12.1 Å². The molecule has 0 saturated heterocycles. The number of aromatic nitrogens is 4. The van der Waals surface area contributed by atoms with Crippen LogP contribution in [0.25, 0.3) is 23.1 Å². The molecule has 2 aromatic carbocycles. The summed E-state index contributed by atoms with van der Waals surface area (Å²) in [4.78, 5) is 34.2. The molecule has 0 spiro atoms. The van der Waals surface area contributed by atoms with Crippen LogP contribution >= 0.6 is 0 Å². The van der Waals surface area contributed by atoms with E-state index in [2.05, 4.69) is 15.1 Å². The lowest BCUT2D eigenvalue weighted by Crippen LogP contribution is -2.36. The van der Waals surface area contributed by atoms with Gasteiger partial charge in [0.15, 0.2) is 11.6 Å². The standard InChI is InChI=1S/C25H20N4O5/c1-10-20(31)18(12(3)30)22-19(21(10)32)25(4)16(34-22)9-15-17(23(25)33)11(2)28-29(15)24-26-13-7-5-6-8-14(13)27-24/h5-9,31-32H,1-4H3,(H,26,27). The van der Waals surface area contributed by atoms with Crippen molar-refractivity contribution in [3.05, 3.63) is 63.7 Å². The predicted molar refractivity (Wildman–Crippen MR) is 123 cm³/mol. The van der Waals surface area contributed by atoms with E-state index in [9.17, 15) is 19.8 Å². The molecule has 6 rings (SSSR count). The summed E-state index contributed by atoms with van der Waals surface area (Å²) in [5, 5.41) is 26.1. The Balaban J connectivity index is 1.62. The molecule has 4 aromatic rings. The van der Waals surface area contributed by atoms with Crippen LogP contribution < -0.4 is 4.74 Å². The van der Waals surface area contributed by atoms with Gasteiger partial charge in [-0.15, -0.1) is 0 Å². The van der Waals surface area contributed by atoms with Crippen molar-refractivity contribution in [2.45, 2.75) is 33.1 Å². The minimum atomic E-state index is -1.39. The lowest BCUT2D eigenvalue weighted by Gasteiger charge is -2.27. The highest BCUT2D eigenvalue weighted by Gasteiger charge is 2.55. The molecular formula is C25H20N4O5. The summed E-state index contributed by atoms with van der Waals surface area (Å²) in [5.74, 6) is -0.720. The van der Waals surface area contributed by atoms with E-state index in [1.807, 2.05) is 24.3 Å². The first-order valence-electron chi connectivity index (χ1n) is 10.7. The van der Waals surface area contributed by atoms with Crippen molar-refractivity contribution >= 4 is 28.7 Å². The first-order chi connectivity index (χ1) is 16.1. The van der Waals surface area contributed by atoms with Crippen LogP contribution in [0.15, 0.2) is 30.0 Å². The predicted octanol–water partition coefficient (Wildman–Crippen LogP) is 3.87. The van der Waals surface area contributed by atoms with E-state index < -0.39 is 11.2 Å². The number of Topliss-reactive ketones (excluding diaryl/α,β-unsaturated/α-hetero) is 2. The average Bonchev–Trinajstić information content (AvgIpc) is 3.44. The summed E-state index contributed by atoms with van der Waals surface area (Å²) >= 11 is 0. The number of benzene rings is 2. The van der Waals surface area contributed by atoms with Crippen LogP contribution in [0, 0.1) is 13.8 Å². The molecular weight excluding hydrogens is 436 g/mol. The lowest BCUT2D eigenvalue weighted by molar-refractivity contribution is 0.0905. The first-order valence-corrected chi connectivity index (χ1v) is 10.7. The number of aryl methyl sites for hydroxylation is 1. The number of imidazole rings is 1. The average molecular weight is 456 g/mol. The zero-order valence-corrected chi connectivity index (χ0v) is 18.8. The van der Waals surface area contributed by atoms with Gasteiger partial charge < -0.3 is 19.9 Å². The van der Waals surface area contributed by atoms with Crippen molar-refractivity contribution in [3.8, 4) is 23.2 Å². The molecule has 3 heterocycles. The number of carbonyl (C=O) groups is 2. The number of carbonyl (C=O) groups excluding carboxylic acids is 2. The second-order valence-corrected chi connectivity index (χ2v) is 8.86. The van der Waals surface area contributed by atoms with E-state index >= 15 is 0 Å². The molecule has 0 fully saturated rings. The topological polar surface area (TPSA) is 130 Å². The molecule has 0 amide bonds. The maximum absolute atomic E-state index is 14.0. The quantitative estimate of drug-likeness (QED) is 0.390. The highest BCUT2D eigenvalue weighted by atomic mass is 16.5. The number of phenolic OH excluding ortho intramolecular Hbond substituents is 2. The summed E-state index contributed by atoms with van der Waals surface area (Å²) in [6, 6.07) is 7.54. The third-order valence-electron chi connectivity index (χ3n) is 6.82. The summed E-state index contributed by atoms with van der Waals surface area (Å²) in [6.07, 6.45) is 1.68. The van der Waals surface area contributed by atoms with E-state index in [0.717, 1.165) is 11.0 Å². The maximum Gasteiger partial charge on any atom is 0.229 e. The summed E-state index contributed by atoms with van der Waals surface area (Å²) in [5.41, 5.74) is 1.76. The number of para-hydroxylation sites is 2. The number of aromatic amines is 1. The molecule has 0 saturated carbocycles. The maximum atomic E-state index is 14.0. The normalized spacial score (nSPS) is 18.4. The fourth-order valence-corrected chi connectivity index (χ4v) is 4.99. The number of allylic oxidation sites excluding steroid dienone is 1. The Hall–Kier alpha value is -4.40. The number of hydrogen-bond acceptors (Lipinski definition) is 7. The van der Waals surface area contributed by atoms with Crippen LogP contribution in [0.2, 0.25) is 0 Å². The minimum Gasteiger partial charge on any atom is -0.507 e. The van der Waals surface area contributed by atoms with Gasteiger partial charge in [0.2, 0.25) is 5.95 Å². The molecule has 0 bridgehead atoms. The Morgan fingerprint density at radius 2 is 1.91 bits per heavy atom. The number of ketones is 2. The van der Waals surface area contributed by atoms with Gasteiger partial charge in [0, 0.05) is 11.6 Å². The SMILES string of the molecule is CC(=O)c1c(O)c(C)c(O)c2c1OC1=Cc3c(c(C)nn3-c3nc4ccccc4[nH]3)C(=O)C12C. The zero-order valence-electron chi connectivity index (χ0n) is 18.8. The molecule has 2 aliphatic rings. The van der Waals surface area contributed by atoms with Gasteiger partial charge in [-0.25, -0.2) is 4.98 Å². The van der Waals surface area contributed by atoms with Crippen LogP contribution in [0.4, 0.5) is 0 Å². The number of H-pyrrole nitrogens is 1. The second-order valence-electron chi connectivity index (χ2n) is 8.86. The molecule has 170 valence electrons. The smallest absolute Gasteiger partial charge is 0.229 e. The van der Waals surface area contributed by atoms with Crippen LogP contribution in [-0.2, 0) is 5.41 Å². The summed E-state index contributed by atoms with van der Waals surface area (Å²) < 4.78 is 7.59. The number of nitrogens with zero attached hydrogens (tertiary/aromatic N) is 3. The largest absolute Gasteiger partial charge is 0.507 e. The van der Waals surface area contributed by atoms with Crippen molar-refractivity contribution in [1.29, 1.82) is 0 Å². The van der Waals surface area contributed by atoms with Crippen LogP contribution in [0.1, 0.15) is 57.1 Å². The van der Waals surface area contributed by atoms with Crippen LogP contribution in [-0.4, -0.2) is 41.5 Å². The first kappa shape index (κ1) is 20.2. The van der Waals surface area contributed by atoms with E-state index in [-0.39, 0.29) is 45.5 Å². The molecule has 1 aliphatic heterocycles. The third-order valence-corrected chi connectivity index (χ3v) is 6.82. The number of hydrogen-bond donors (Lipinski definition) is 3. The Bertz CT molecular complexity index is 1610. The van der Waals surface area contributed by atoms with Crippen molar-refractivity contribution in [2.24, 2.45) is 0 Å². The van der Waals surface area contributed by atoms with Crippen molar-refractivity contribution in [2.75, 3.05) is 0 Å². The third kappa shape index (κ3) is 2.28. The number of aromatic hydroxyl groups is 2. The highest BCUT2D eigenvalue weighted by Crippen LogP contribution is 2.58. The Kier molecular flexibility index (Phi) is 3.77. The molecule has 1 unspecified atom stereocenters. The van der Waals surface area contributed by atoms with Gasteiger partial charge in [-0.2, -0.15) is 9.78 Å². The molecule has 34 heavy (non-hydrogen) atoms. The van der Waals surface area contributed by atoms with Crippen molar-refractivity contribution in [3.63, 3.8) is 0 Å². The lowest BCUT2D eigenvalue weighted by atomic mass is 9.71. The monoisotopic (exact) mass is 456 g/mol. The number of phenols is 2. The molecule has 9 heteroatoms. The van der Waals surface area contributed by atoms with Gasteiger partial charge in [0.25, 0.3) is 0 Å². The number of ether oxygens (including phenoxy) is 1. The van der Waals surface area contributed by atoms with Crippen molar-refractivity contribution in [1.82, 2.24) is 19.7 Å². The fourth-order valence-electron chi connectivity index (χ4n) is 4.99. The van der Waals surface area contributed by atoms with E-state index in [1.165, 1.54) is 13.8 Å². The zero-order chi connectivity index (χ0) is 24.1. The number of rotatable bonds is 2. The Labute approximate surface area is 193 Å². The number of fused-ring (bicyclic) bond motifs is 5. The van der Waals surface area contributed by atoms with E-state index in [4.69, 9.17) is 4.74 Å². The van der Waals surface area contributed by atoms with Gasteiger partial charge >= 0.3 is 0 Å². The van der Waals surface area contributed by atoms with Gasteiger partial charge in [-0.05, 0) is 39.8 Å². The van der Waals surface area contributed by atoms with Gasteiger partial charge in [0.1, 0.15) is 34.0 Å². The molecule has 1 aliphatic carbocycles. The molecule has 1 atom stereocenters. The highest BCUT2D eigenvalue weighted by molar-refractivity contribution is 6.14. The second kappa shape index (κ2) is 6.34. The summed E-state index contributed by atoms with van der Waals surface area (Å²) in [7, 11) is 0. The Morgan fingerprint density at radius 1 is 1.18 bits per heavy atom. The molecule has 0 radical (unpaired) electrons. The summed E-state index contributed by atoms with van der Waals surface area (Å²) in [6.45, 7) is 6.17. The van der Waals surface area contributed by atoms with E-state index in [1.54, 1.807) is 24.6 Å². The van der Waals surface area contributed by atoms with Gasteiger partial charge in [0.05, 0.1) is 33.5 Å². The van der Waals surface area contributed by atoms with Crippen LogP contribution in [0.3, 0.4) is 0 Å². The molecule has 9 nitrogen and oxygen atoms in total. The van der Waals surface area contributed by atoms with Crippen LogP contribution in [0.5, 0.6) is 17.2 Å². The number of nitrogens with one attached hydrogen (secondary N) is 1. The fraction of sp³-hybridized carbons (Fsp3) is 0.200. The van der Waals surface area contributed by atoms with Crippen molar-refractivity contribution < 1.29 is 24.5 Å². The Morgan fingerprint density at radius 3 is 2.62 bits per heavy atom. The molecule has 2 aromatic heterocycles. The molecule has 3 N–H and O–H groups in total. The van der Waals surface area contributed by atoms with Gasteiger partial charge in [-0.3, -0.25) is 9.59 Å².